The second kappa shape index (κ2) is 6.02. The SMILES string of the molecule is CC(C)(C)NC(=O)N1CCN(C(=O)C2CCCC2)CC1. The van der Waals surface area contributed by atoms with E-state index in [0.717, 1.165) is 12.8 Å². The van der Waals surface area contributed by atoms with Crippen molar-refractivity contribution in [3.05, 3.63) is 0 Å². The van der Waals surface area contributed by atoms with Gasteiger partial charge in [0, 0.05) is 37.6 Å². The summed E-state index contributed by atoms with van der Waals surface area (Å²) in [5.41, 5.74) is -0.214. The number of carbonyl (C=O) groups excluding carboxylic acids is 2. The molecule has 0 aromatic rings. The Morgan fingerprint density at radius 1 is 0.950 bits per heavy atom. The molecular formula is C15H27N3O2. The van der Waals surface area contributed by atoms with Crippen LogP contribution >= 0.6 is 0 Å². The van der Waals surface area contributed by atoms with Crippen LogP contribution in [-0.2, 0) is 4.79 Å². The van der Waals surface area contributed by atoms with Crippen molar-refractivity contribution in [1.82, 2.24) is 15.1 Å². The molecule has 1 saturated heterocycles. The van der Waals surface area contributed by atoms with Crippen molar-refractivity contribution in [2.24, 2.45) is 5.92 Å². The number of hydrogen-bond acceptors (Lipinski definition) is 2. The summed E-state index contributed by atoms with van der Waals surface area (Å²) in [7, 11) is 0. The highest BCUT2D eigenvalue weighted by molar-refractivity contribution is 5.80. The van der Waals surface area contributed by atoms with Crippen LogP contribution in [-0.4, -0.2) is 53.5 Å². The van der Waals surface area contributed by atoms with Gasteiger partial charge in [-0.2, -0.15) is 0 Å². The highest BCUT2D eigenvalue weighted by atomic mass is 16.2. The molecule has 0 unspecified atom stereocenters. The molecule has 1 N–H and O–H groups in total. The van der Waals surface area contributed by atoms with Gasteiger partial charge < -0.3 is 15.1 Å². The molecular weight excluding hydrogens is 254 g/mol. The van der Waals surface area contributed by atoms with Crippen molar-refractivity contribution in [2.45, 2.75) is 52.0 Å². The number of nitrogens with one attached hydrogen (secondary N) is 1. The highest BCUT2D eigenvalue weighted by Gasteiger charge is 2.31. The Morgan fingerprint density at radius 2 is 1.45 bits per heavy atom. The van der Waals surface area contributed by atoms with Gasteiger partial charge in [-0.15, -0.1) is 0 Å². The Balaban J connectivity index is 1.80. The van der Waals surface area contributed by atoms with Crippen molar-refractivity contribution in [3.63, 3.8) is 0 Å². The average Bonchev–Trinajstić information content (AvgIpc) is 2.90. The first kappa shape index (κ1) is 15.1. The third-order valence-corrected chi connectivity index (χ3v) is 4.06. The maximum atomic E-state index is 12.3. The topological polar surface area (TPSA) is 52.7 Å². The number of piperazine rings is 1. The van der Waals surface area contributed by atoms with Crippen LogP contribution in [0.4, 0.5) is 4.79 Å². The molecule has 0 aromatic heterocycles. The summed E-state index contributed by atoms with van der Waals surface area (Å²) >= 11 is 0. The molecule has 20 heavy (non-hydrogen) atoms. The molecule has 2 fully saturated rings. The Labute approximate surface area is 121 Å². The van der Waals surface area contributed by atoms with Gasteiger partial charge >= 0.3 is 6.03 Å². The molecule has 1 aliphatic carbocycles. The monoisotopic (exact) mass is 281 g/mol. The van der Waals surface area contributed by atoms with Crippen molar-refractivity contribution in [2.75, 3.05) is 26.2 Å². The van der Waals surface area contributed by atoms with Crippen LogP contribution in [0.1, 0.15) is 46.5 Å². The van der Waals surface area contributed by atoms with Crippen molar-refractivity contribution in [3.8, 4) is 0 Å². The van der Waals surface area contributed by atoms with E-state index in [1.165, 1.54) is 12.8 Å². The van der Waals surface area contributed by atoms with Gasteiger partial charge in [0.15, 0.2) is 0 Å². The lowest BCUT2D eigenvalue weighted by Crippen LogP contribution is -2.56. The largest absolute Gasteiger partial charge is 0.339 e. The van der Waals surface area contributed by atoms with E-state index in [1.807, 2.05) is 30.6 Å². The molecule has 0 bridgehead atoms. The van der Waals surface area contributed by atoms with E-state index in [4.69, 9.17) is 0 Å². The van der Waals surface area contributed by atoms with Gasteiger partial charge in [-0.3, -0.25) is 4.79 Å². The minimum atomic E-state index is -0.214. The summed E-state index contributed by atoms with van der Waals surface area (Å²) in [6, 6.07) is -0.0227. The van der Waals surface area contributed by atoms with Gasteiger partial charge in [-0.25, -0.2) is 4.79 Å². The number of nitrogens with zero attached hydrogens (tertiary/aromatic N) is 2. The molecule has 0 atom stereocenters. The fraction of sp³-hybridized carbons (Fsp3) is 0.867. The summed E-state index contributed by atoms with van der Waals surface area (Å²) in [5, 5.41) is 2.97. The molecule has 2 rings (SSSR count). The molecule has 5 heteroatoms. The summed E-state index contributed by atoms with van der Waals surface area (Å²) in [4.78, 5) is 28.1. The van der Waals surface area contributed by atoms with Crippen molar-refractivity contribution >= 4 is 11.9 Å². The van der Waals surface area contributed by atoms with Gasteiger partial charge in [0.2, 0.25) is 5.91 Å². The fourth-order valence-corrected chi connectivity index (χ4v) is 2.96. The van der Waals surface area contributed by atoms with Crippen molar-refractivity contribution < 1.29 is 9.59 Å². The lowest BCUT2D eigenvalue weighted by Gasteiger charge is -2.37. The highest BCUT2D eigenvalue weighted by Crippen LogP contribution is 2.26. The van der Waals surface area contributed by atoms with Crippen LogP contribution in [0.2, 0.25) is 0 Å². The lowest BCUT2D eigenvalue weighted by molar-refractivity contribution is -0.136. The Bertz CT molecular complexity index is 362. The molecule has 1 aliphatic heterocycles. The van der Waals surface area contributed by atoms with E-state index < -0.39 is 0 Å². The van der Waals surface area contributed by atoms with E-state index in [0.29, 0.717) is 32.1 Å². The third kappa shape index (κ3) is 3.87. The van der Waals surface area contributed by atoms with Crippen molar-refractivity contribution in [1.29, 1.82) is 0 Å². The molecule has 0 aromatic carbocycles. The first-order valence-electron chi connectivity index (χ1n) is 7.73. The minimum absolute atomic E-state index is 0.0227. The summed E-state index contributed by atoms with van der Waals surface area (Å²) in [5.74, 6) is 0.545. The molecule has 2 aliphatic rings. The zero-order valence-electron chi connectivity index (χ0n) is 12.9. The van der Waals surface area contributed by atoms with Gasteiger partial charge in [0.1, 0.15) is 0 Å². The molecule has 1 saturated carbocycles. The number of urea groups is 1. The molecule has 114 valence electrons. The number of rotatable bonds is 1. The summed E-state index contributed by atoms with van der Waals surface area (Å²) in [6.45, 7) is 8.56. The van der Waals surface area contributed by atoms with Gasteiger partial charge in [0.25, 0.3) is 0 Å². The Kier molecular flexibility index (Phi) is 4.55. The van der Waals surface area contributed by atoms with Crippen LogP contribution in [0, 0.1) is 5.92 Å². The minimum Gasteiger partial charge on any atom is -0.339 e. The summed E-state index contributed by atoms with van der Waals surface area (Å²) in [6.07, 6.45) is 4.46. The Hall–Kier alpha value is -1.26. The zero-order chi connectivity index (χ0) is 14.8. The normalized spacial score (nSPS) is 21.1. The van der Waals surface area contributed by atoms with Crippen LogP contribution in [0.5, 0.6) is 0 Å². The van der Waals surface area contributed by atoms with Gasteiger partial charge in [0.05, 0.1) is 0 Å². The zero-order valence-corrected chi connectivity index (χ0v) is 12.9. The second-order valence-corrected chi connectivity index (χ2v) is 6.97. The maximum absolute atomic E-state index is 12.3. The predicted molar refractivity (Wildman–Crippen MR) is 78.4 cm³/mol. The van der Waals surface area contributed by atoms with Gasteiger partial charge in [-0.1, -0.05) is 12.8 Å². The Morgan fingerprint density at radius 3 is 1.95 bits per heavy atom. The molecule has 3 amide bonds. The predicted octanol–water partition coefficient (Wildman–Crippen LogP) is 1.83. The second-order valence-electron chi connectivity index (χ2n) is 6.97. The number of carbonyl (C=O) groups is 2. The quantitative estimate of drug-likeness (QED) is 0.797. The first-order valence-corrected chi connectivity index (χ1v) is 7.73. The smallest absolute Gasteiger partial charge is 0.317 e. The van der Waals surface area contributed by atoms with E-state index in [9.17, 15) is 9.59 Å². The first-order chi connectivity index (χ1) is 9.37. The maximum Gasteiger partial charge on any atom is 0.317 e. The lowest BCUT2D eigenvalue weighted by atomic mass is 10.1. The average molecular weight is 281 g/mol. The fourth-order valence-electron chi connectivity index (χ4n) is 2.96. The number of hydrogen-bond donors (Lipinski definition) is 1. The molecule has 5 nitrogen and oxygen atoms in total. The van der Waals surface area contributed by atoms with E-state index in [2.05, 4.69) is 5.32 Å². The number of amides is 3. The van der Waals surface area contributed by atoms with Crippen LogP contribution in [0.15, 0.2) is 0 Å². The third-order valence-electron chi connectivity index (χ3n) is 4.06. The summed E-state index contributed by atoms with van der Waals surface area (Å²) < 4.78 is 0. The molecule has 1 heterocycles. The van der Waals surface area contributed by atoms with Gasteiger partial charge in [-0.05, 0) is 33.6 Å². The van der Waals surface area contributed by atoms with E-state index in [1.54, 1.807) is 0 Å². The van der Waals surface area contributed by atoms with Crippen LogP contribution in [0.3, 0.4) is 0 Å². The van der Waals surface area contributed by atoms with E-state index in [-0.39, 0.29) is 17.5 Å². The molecule has 0 radical (unpaired) electrons. The van der Waals surface area contributed by atoms with E-state index >= 15 is 0 Å². The van der Waals surface area contributed by atoms with Crippen LogP contribution in [0.25, 0.3) is 0 Å². The standard InChI is InChI=1S/C15H27N3O2/c1-15(2,3)16-14(20)18-10-8-17(9-11-18)13(19)12-6-4-5-7-12/h12H,4-11H2,1-3H3,(H,16,20). The van der Waals surface area contributed by atoms with Crippen LogP contribution < -0.4 is 5.32 Å². The molecule has 0 spiro atoms.